The monoisotopic (exact) mass is 366 g/mol. The first-order valence-electron chi connectivity index (χ1n) is 8.23. The van der Waals surface area contributed by atoms with Crippen molar-refractivity contribution in [1.82, 2.24) is 20.5 Å². The van der Waals surface area contributed by atoms with Crippen molar-refractivity contribution < 1.29 is 18.0 Å². The fourth-order valence-electron chi connectivity index (χ4n) is 2.40. The molecule has 2 aromatic rings. The van der Waals surface area contributed by atoms with Gasteiger partial charge < -0.3 is 10.3 Å². The maximum atomic E-state index is 12.8. The highest BCUT2D eigenvalue weighted by molar-refractivity contribution is 5.76. The van der Waals surface area contributed by atoms with E-state index in [0.717, 1.165) is 25.0 Å². The van der Waals surface area contributed by atoms with E-state index in [1.54, 1.807) is 0 Å². The lowest BCUT2D eigenvalue weighted by Gasteiger charge is -2.08. The molecule has 2 N–H and O–H groups in total. The number of amides is 1. The van der Waals surface area contributed by atoms with Gasteiger partial charge >= 0.3 is 6.18 Å². The number of aryl methyl sites for hydroxylation is 1. The molecule has 26 heavy (non-hydrogen) atoms. The summed E-state index contributed by atoms with van der Waals surface area (Å²) in [6.45, 7) is 0.648. The highest BCUT2D eigenvalue weighted by Gasteiger charge is 2.30. The van der Waals surface area contributed by atoms with Gasteiger partial charge in [-0.1, -0.05) is 12.1 Å². The van der Waals surface area contributed by atoms with Crippen molar-refractivity contribution in [1.29, 1.82) is 0 Å². The van der Waals surface area contributed by atoms with Gasteiger partial charge in [-0.2, -0.15) is 13.2 Å². The zero-order valence-electron chi connectivity index (χ0n) is 13.8. The summed E-state index contributed by atoms with van der Waals surface area (Å²) in [7, 11) is 0. The average Bonchev–Trinajstić information content (AvgIpc) is 3.42. The van der Waals surface area contributed by atoms with E-state index in [1.165, 1.54) is 12.1 Å². The Balaban J connectivity index is 1.67. The van der Waals surface area contributed by atoms with Crippen molar-refractivity contribution in [3.05, 3.63) is 45.9 Å². The van der Waals surface area contributed by atoms with Gasteiger partial charge in [-0.3, -0.25) is 9.59 Å². The summed E-state index contributed by atoms with van der Waals surface area (Å²) in [5.74, 6) is 0.344. The highest BCUT2D eigenvalue weighted by Crippen LogP contribution is 2.31. The molecule has 0 atom stereocenters. The smallest absolute Gasteiger partial charge is 0.356 e. The molecule has 1 aromatic heterocycles. The Morgan fingerprint density at radius 2 is 2.04 bits per heavy atom. The van der Waals surface area contributed by atoms with Crippen LogP contribution in [0.25, 0.3) is 11.4 Å². The molecule has 0 aliphatic heterocycles. The molecule has 138 valence electrons. The summed E-state index contributed by atoms with van der Waals surface area (Å²) in [6.07, 6.45) is -2.02. The first-order valence-corrected chi connectivity index (χ1v) is 8.23. The lowest BCUT2D eigenvalue weighted by Crippen LogP contribution is -2.27. The molecule has 0 spiro atoms. The van der Waals surface area contributed by atoms with Gasteiger partial charge in [-0.15, -0.1) is 10.2 Å². The number of hydrogen-bond acceptors (Lipinski definition) is 4. The third kappa shape index (κ3) is 4.68. The lowest BCUT2D eigenvalue weighted by molar-refractivity contribution is -0.137. The van der Waals surface area contributed by atoms with E-state index >= 15 is 0 Å². The van der Waals surface area contributed by atoms with Crippen molar-refractivity contribution in [2.24, 2.45) is 5.92 Å². The van der Waals surface area contributed by atoms with Crippen molar-refractivity contribution in [2.45, 2.75) is 31.9 Å². The fourth-order valence-corrected chi connectivity index (χ4v) is 2.40. The first kappa shape index (κ1) is 18.1. The molecule has 1 aromatic carbocycles. The number of aromatic amines is 1. The number of hydrogen-bond donors (Lipinski definition) is 2. The Hall–Kier alpha value is -2.71. The SMILES string of the molecule is O=C(CCc1nnc(-c2cccc(C(F)(F)F)c2)[nH]c1=O)NCC1CC1. The van der Waals surface area contributed by atoms with Gasteiger partial charge in [0.1, 0.15) is 5.69 Å². The number of rotatable bonds is 6. The van der Waals surface area contributed by atoms with Crippen LogP contribution in [0.4, 0.5) is 13.2 Å². The van der Waals surface area contributed by atoms with Crippen LogP contribution >= 0.6 is 0 Å². The van der Waals surface area contributed by atoms with Crippen LogP contribution < -0.4 is 10.9 Å². The van der Waals surface area contributed by atoms with Gasteiger partial charge in [-0.05, 0) is 30.9 Å². The topological polar surface area (TPSA) is 87.7 Å². The van der Waals surface area contributed by atoms with Gasteiger partial charge in [0.2, 0.25) is 5.91 Å². The summed E-state index contributed by atoms with van der Waals surface area (Å²) in [6, 6.07) is 4.46. The summed E-state index contributed by atoms with van der Waals surface area (Å²) in [4.78, 5) is 26.2. The van der Waals surface area contributed by atoms with E-state index in [-0.39, 0.29) is 35.8 Å². The number of aromatic nitrogens is 3. The van der Waals surface area contributed by atoms with Crippen LogP contribution in [0.15, 0.2) is 29.1 Å². The molecule has 0 unspecified atom stereocenters. The Morgan fingerprint density at radius 1 is 1.27 bits per heavy atom. The predicted octanol–water partition coefficient (Wildman–Crippen LogP) is 2.31. The van der Waals surface area contributed by atoms with E-state index in [0.29, 0.717) is 12.5 Å². The number of halogens is 3. The normalized spacial score (nSPS) is 14.3. The Morgan fingerprint density at radius 3 is 2.69 bits per heavy atom. The molecule has 1 aliphatic carbocycles. The molecule has 3 rings (SSSR count). The molecule has 1 amide bonds. The standard InChI is InChI=1S/C17H17F3N4O2/c18-17(19,20)12-3-1-2-11(8-12)15-22-16(26)13(23-24-15)6-7-14(25)21-9-10-4-5-10/h1-3,8,10H,4-7,9H2,(H,21,25)(H,22,24,26). The molecule has 1 saturated carbocycles. The van der Waals surface area contributed by atoms with E-state index in [1.807, 2.05) is 0 Å². The Labute approximate surface area is 146 Å². The minimum atomic E-state index is -4.49. The van der Waals surface area contributed by atoms with Gasteiger partial charge in [-0.25, -0.2) is 0 Å². The number of benzene rings is 1. The molecular weight excluding hydrogens is 349 g/mol. The molecule has 6 nitrogen and oxygen atoms in total. The third-order valence-electron chi connectivity index (χ3n) is 4.10. The molecule has 1 aliphatic rings. The number of carbonyl (C=O) groups excluding carboxylic acids is 1. The Bertz CT molecular complexity index is 860. The van der Waals surface area contributed by atoms with Crippen LogP contribution in [0.2, 0.25) is 0 Å². The molecule has 0 saturated heterocycles. The van der Waals surface area contributed by atoms with Crippen molar-refractivity contribution in [3.63, 3.8) is 0 Å². The van der Waals surface area contributed by atoms with E-state index in [2.05, 4.69) is 20.5 Å². The summed E-state index contributed by atoms with van der Waals surface area (Å²) >= 11 is 0. The van der Waals surface area contributed by atoms with Crippen LogP contribution in [-0.2, 0) is 17.4 Å². The second-order valence-electron chi connectivity index (χ2n) is 6.28. The average molecular weight is 366 g/mol. The first-order chi connectivity index (χ1) is 12.3. The van der Waals surface area contributed by atoms with Gasteiger partial charge in [0.25, 0.3) is 5.56 Å². The highest BCUT2D eigenvalue weighted by atomic mass is 19.4. The van der Waals surface area contributed by atoms with Crippen LogP contribution in [0.1, 0.15) is 30.5 Å². The van der Waals surface area contributed by atoms with E-state index in [4.69, 9.17) is 0 Å². The number of nitrogens with zero attached hydrogens (tertiary/aromatic N) is 2. The number of nitrogens with one attached hydrogen (secondary N) is 2. The van der Waals surface area contributed by atoms with Gasteiger partial charge in [0, 0.05) is 24.9 Å². The number of carbonyl (C=O) groups is 1. The van der Waals surface area contributed by atoms with Crippen LogP contribution in [0, 0.1) is 5.92 Å². The maximum Gasteiger partial charge on any atom is 0.416 e. The van der Waals surface area contributed by atoms with Crippen molar-refractivity contribution in [2.75, 3.05) is 6.54 Å². The fraction of sp³-hybridized carbons (Fsp3) is 0.412. The second-order valence-corrected chi connectivity index (χ2v) is 6.28. The predicted molar refractivity (Wildman–Crippen MR) is 87.1 cm³/mol. The van der Waals surface area contributed by atoms with Crippen molar-refractivity contribution in [3.8, 4) is 11.4 Å². The maximum absolute atomic E-state index is 12.8. The molecule has 0 radical (unpaired) electrons. The quantitative estimate of drug-likeness (QED) is 0.821. The second kappa shape index (κ2) is 7.27. The van der Waals surface area contributed by atoms with E-state index in [9.17, 15) is 22.8 Å². The van der Waals surface area contributed by atoms with Gasteiger partial charge in [0.05, 0.1) is 5.56 Å². The molecular formula is C17H17F3N4O2. The molecule has 9 heteroatoms. The minimum absolute atomic E-state index is 0.0527. The lowest BCUT2D eigenvalue weighted by atomic mass is 10.1. The largest absolute Gasteiger partial charge is 0.416 e. The Kier molecular flexibility index (Phi) is 5.06. The number of alkyl halides is 3. The third-order valence-corrected chi connectivity index (χ3v) is 4.10. The zero-order chi connectivity index (χ0) is 18.7. The summed E-state index contributed by atoms with van der Waals surface area (Å²) in [5, 5.41) is 10.3. The molecule has 1 fully saturated rings. The molecule has 1 heterocycles. The van der Waals surface area contributed by atoms with Crippen LogP contribution in [-0.4, -0.2) is 27.6 Å². The zero-order valence-corrected chi connectivity index (χ0v) is 13.8. The van der Waals surface area contributed by atoms with Crippen LogP contribution in [0.3, 0.4) is 0 Å². The van der Waals surface area contributed by atoms with Crippen molar-refractivity contribution >= 4 is 5.91 Å². The van der Waals surface area contributed by atoms with E-state index < -0.39 is 17.3 Å². The number of H-pyrrole nitrogens is 1. The molecule has 0 bridgehead atoms. The van der Waals surface area contributed by atoms with Crippen LogP contribution in [0.5, 0.6) is 0 Å². The summed E-state index contributed by atoms with van der Waals surface area (Å²) in [5.41, 5.74) is -1.23. The summed E-state index contributed by atoms with van der Waals surface area (Å²) < 4.78 is 38.3. The van der Waals surface area contributed by atoms with Gasteiger partial charge in [0.15, 0.2) is 5.82 Å². The minimum Gasteiger partial charge on any atom is -0.356 e.